The molecule has 0 fully saturated rings. The van der Waals surface area contributed by atoms with Crippen molar-refractivity contribution in [2.45, 2.75) is 33.2 Å². The zero-order valence-electron chi connectivity index (χ0n) is 11.2. The van der Waals surface area contributed by atoms with Gasteiger partial charge in [-0.25, -0.2) is 9.78 Å². The Morgan fingerprint density at radius 1 is 1.58 bits per heavy atom. The number of nitrogens with zero attached hydrogens (tertiary/aromatic N) is 1. The number of hydrogen-bond donors (Lipinski definition) is 2. The molecule has 0 radical (unpaired) electrons. The van der Waals surface area contributed by atoms with E-state index in [4.69, 9.17) is 5.11 Å². The number of aromatic nitrogens is 1. The highest BCUT2D eigenvalue weighted by Crippen LogP contribution is 2.10. The molecule has 1 amide bonds. The first-order valence-corrected chi connectivity index (χ1v) is 6.95. The van der Waals surface area contributed by atoms with Gasteiger partial charge in [-0.15, -0.1) is 11.3 Å². The van der Waals surface area contributed by atoms with Crippen LogP contribution in [-0.4, -0.2) is 28.0 Å². The Hall–Kier alpha value is -1.69. The minimum absolute atomic E-state index is 0.114. The smallest absolute Gasteiger partial charge is 0.326 e. The van der Waals surface area contributed by atoms with E-state index >= 15 is 0 Å². The predicted octanol–water partition coefficient (Wildman–Crippen LogP) is 2.08. The molecule has 0 bridgehead atoms. The van der Waals surface area contributed by atoms with Crippen LogP contribution in [0.2, 0.25) is 0 Å². The van der Waals surface area contributed by atoms with E-state index in [1.54, 1.807) is 13.0 Å². The number of rotatable bonds is 6. The zero-order valence-corrected chi connectivity index (χ0v) is 12.0. The van der Waals surface area contributed by atoms with Crippen LogP contribution in [0.3, 0.4) is 0 Å². The maximum atomic E-state index is 11.7. The normalized spacial score (nSPS) is 14.3. The van der Waals surface area contributed by atoms with Crippen molar-refractivity contribution in [3.05, 3.63) is 22.2 Å². The molecular weight excluding hydrogens is 264 g/mol. The second kappa shape index (κ2) is 7.04. The first-order valence-electron chi connectivity index (χ1n) is 6.07. The molecule has 2 N–H and O–H groups in total. The van der Waals surface area contributed by atoms with Crippen LogP contribution in [0.5, 0.6) is 0 Å². The summed E-state index contributed by atoms with van der Waals surface area (Å²) < 4.78 is 0. The van der Waals surface area contributed by atoms with Gasteiger partial charge in [0.2, 0.25) is 5.91 Å². The van der Waals surface area contributed by atoms with Crippen molar-refractivity contribution >= 4 is 29.3 Å². The lowest BCUT2D eigenvalue weighted by molar-refractivity contribution is -0.142. The lowest BCUT2D eigenvalue weighted by atomic mass is 9.99. The molecule has 0 aromatic carbocycles. The fourth-order valence-electron chi connectivity index (χ4n) is 1.50. The summed E-state index contributed by atoms with van der Waals surface area (Å²) in [5, 5.41) is 14.3. The monoisotopic (exact) mass is 282 g/mol. The maximum absolute atomic E-state index is 11.7. The van der Waals surface area contributed by atoms with Crippen molar-refractivity contribution in [3.8, 4) is 0 Å². The van der Waals surface area contributed by atoms with Crippen LogP contribution in [0.1, 0.15) is 31.0 Å². The van der Waals surface area contributed by atoms with Crippen LogP contribution in [0, 0.1) is 12.8 Å². The summed E-state index contributed by atoms with van der Waals surface area (Å²) in [7, 11) is 0. The van der Waals surface area contributed by atoms with E-state index in [2.05, 4.69) is 10.3 Å². The Kier molecular flexibility index (Phi) is 5.69. The third-order valence-electron chi connectivity index (χ3n) is 2.82. The molecule has 0 spiro atoms. The highest BCUT2D eigenvalue weighted by molar-refractivity contribution is 7.09. The van der Waals surface area contributed by atoms with Crippen molar-refractivity contribution in [1.82, 2.24) is 10.3 Å². The quantitative estimate of drug-likeness (QED) is 0.783. The second-order valence-electron chi connectivity index (χ2n) is 4.33. The van der Waals surface area contributed by atoms with Crippen LogP contribution in [-0.2, 0) is 9.59 Å². The maximum Gasteiger partial charge on any atom is 0.326 e. The SMILES string of the molecule is CCC(C)C(NC(=O)/C=C/c1csc(C)n1)C(=O)O. The first-order chi connectivity index (χ1) is 8.93. The van der Waals surface area contributed by atoms with Gasteiger partial charge in [0, 0.05) is 11.5 Å². The molecule has 5 nitrogen and oxygen atoms in total. The standard InChI is InChI=1S/C13H18N2O3S/c1-4-8(2)12(13(17)18)15-11(16)6-5-10-7-19-9(3)14-10/h5-8,12H,4H2,1-3H3,(H,15,16)(H,17,18)/b6-5+. The average Bonchev–Trinajstić information content (AvgIpc) is 2.78. The summed E-state index contributed by atoms with van der Waals surface area (Å²) in [6.45, 7) is 5.57. The number of thiazole rings is 1. The largest absolute Gasteiger partial charge is 0.480 e. The fraction of sp³-hybridized carbons (Fsp3) is 0.462. The first kappa shape index (κ1) is 15.4. The molecule has 1 aromatic rings. The van der Waals surface area contributed by atoms with Crippen LogP contribution in [0.25, 0.3) is 6.08 Å². The Morgan fingerprint density at radius 2 is 2.26 bits per heavy atom. The van der Waals surface area contributed by atoms with E-state index in [1.165, 1.54) is 17.4 Å². The van der Waals surface area contributed by atoms with Gasteiger partial charge in [0.25, 0.3) is 0 Å². The van der Waals surface area contributed by atoms with Gasteiger partial charge in [-0.1, -0.05) is 20.3 Å². The highest BCUT2D eigenvalue weighted by Gasteiger charge is 2.24. The van der Waals surface area contributed by atoms with Gasteiger partial charge in [-0.05, 0) is 18.9 Å². The number of carbonyl (C=O) groups excluding carboxylic acids is 1. The van der Waals surface area contributed by atoms with Gasteiger partial charge in [0.1, 0.15) is 6.04 Å². The molecular formula is C13H18N2O3S. The minimum Gasteiger partial charge on any atom is -0.480 e. The number of carbonyl (C=O) groups is 2. The number of nitrogens with one attached hydrogen (secondary N) is 1. The van der Waals surface area contributed by atoms with E-state index < -0.39 is 17.9 Å². The Morgan fingerprint density at radius 3 is 2.74 bits per heavy atom. The minimum atomic E-state index is -1.01. The summed E-state index contributed by atoms with van der Waals surface area (Å²) in [5.74, 6) is -1.55. The molecule has 19 heavy (non-hydrogen) atoms. The number of amides is 1. The van der Waals surface area contributed by atoms with Crippen molar-refractivity contribution < 1.29 is 14.7 Å². The fourth-order valence-corrected chi connectivity index (χ4v) is 2.08. The third kappa shape index (κ3) is 4.82. The van der Waals surface area contributed by atoms with Gasteiger partial charge >= 0.3 is 5.97 Å². The van der Waals surface area contributed by atoms with Crippen LogP contribution in [0.4, 0.5) is 0 Å². The summed E-state index contributed by atoms with van der Waals surface area (Å²) in [5.41, 5.74) is 0.702. The second-order valence-corrected chi connectivity index (χ2v) is 5.40. The zero-order chi connectivity index (χ0) is 14.4. The number of hydrogen-bond acceptors (Lipinski definition) is 4. The lowest BCUT2D eigenvalue weighted by Crippen LogP contribution is -2.44. The molecule has 2 unspecified atom stereocenters. The number of carboxylic acid groups (broad SMARTS) is 1. The van der Waals surface area contributed by atoms with E-state index in [0.717, 1.165) is 5.01 Å². The summed E-state index contributed by atoms with van der Waals surface area (Å²) in [6, 6.07) is -0.862. The van der Waals surface area contributed by atoms with Gasteiger partial charge in [0.15, 0.2) is 0 Å². The Balaban J connectivity index is 2.62. The molecule has 0 aliphatic heterocycles. The predicted molar refractivity (Wildman–Crippen MR) is 74.9 cm³/mol. The van der Waals surface area contributed by atoms with Crippen LogP contribution in [0.15, 0.2) is 11.5 Å². The molecule has 0 saturated heterocycles. The molecule has 1 rings (SSSR count). The Bertz CT molecular complexity index is 482. The Labute approximate surface area is 116 Å². The molecule has 1 aromatic heterocycles. The van der Waals surface area contributed by atoms with Gasteiger partial charge in [-0.2, -0.15) is 0 Å². The summed E-state index contributed by atoms with van der Waals surface area (Å²) in [6.07, 6.45) is 3.58. The van der Waals surface area contributed by atoms with E-state index in [-0.39, 0.29) is 5.92 Å². The molecule has 0 aliphatic rings. The van der Waals surface area contributed by atoms with Gasteiger partial charge < -0.3 is 10.4 Å². The summed E-state index contributed by atoms with van der Waals surface area (Å²) in [4.78, 5) is 26.9. The molecule has 0 aliphatic carbocycles. The topological polar surface area (TPSA) is 79.3 Å². The number of aliphatic carboxylic acids is 1. The van der Waals surface area contributed by atoms with E-state index in [1.807, 2.05) is 19.2 Å². The van der Waals surface area contributed by atoms with E-state index in [9.17, 15) is 9.59 Å². The van der Waals surface area contributed by atoms with Crippen molar-refractivity contribution in [2.24, 2.45) is 5.92 Å². The van der Waals surface area contributed by atoms with Gasteiger partial charge in [0.05, 0.1) is 10.7 Å². The summed E-state index contributed by atoms with van der Waals surface area (Å²) >= 11 is 1.50. The number of aryl methyl sites for hydroxylation is 1. The molecule has 0 saturated carbocycles. The van der Waals surface area contributed by atoms with Crippen LogP contribution < -0.4 is 5.32 Å². The molecule has 2 atom stereocenters. The van der Waals surface area contributed by atoms with Crippen molar-refractivity contribution in [3.63, 3.8) is 0 Å². The number of carboxylic acids is 1. The van der Waals surface area contributed by atoms with Gasteiger partial charge in [-0.3, -0.25) is 4.79 Å². The molecule has 6 heteroatoms. The highest BCUT2D eigenvalue weighted by atomic mass is 32.1. The molecule has 1 heterocycles. The van der Waals surface area contributed by atoms with Crippen molar-refractivity contribution in [1.29, 1.82) is 0 Å². The van der Waals surface area contributed by atoms with Crippen molar-refractivity contribution in [2.75, 3.05) is 0 Å². The lowest BCUT2D eigenvalue weighted by Gasteiger charge is -2.19. The van der Waals surface area contributed by atoms with E-state index in [0.29, 0.717) is 12.1 Å². The third-order valence-corrected chi connectivity index (χ3v) is 3.61. The average molecular weight is 282 g/mol. The van der Waals surface area contributed by atoms with Crippen LogP contribution >= 0.6 is 11.3 Å². The molecule has 104 valence electrons.